The zero-order valence-electron chi connectivity index (χ0n) is 15.4. The molecule has 0 unspecified atom stereocenters. The highest BCUT2D eigenvalue weighted by Gasteiger charge is 2.21. The number of carbonyl (C=O) groups excluding carboxylic acids is 1. The van der Waals surface area contributed by atoms with E-state index in [1.165, 1.54) is 0 Å². The van der Waals surface area contributed by atoms with Gasteiger partial charge in [-0.15, -0.1) is 0 Å². The van der Waals surface area contributed by atoms with Gasteiger partial charge in [0.2, 0.25) is 10.9 Å². The maximum Gasteiger partial charge on any atom is 0.333 e. The normalized spacial score (nSPS) is 10.6. The van der Waals surface area contributed by atoms with Crippen molar-refractivity contribution in [2.45, 2.75) is 19.8 Å². The quantitative estimate of drug-likeness (QED) is 0.322. The summed E-state index contributed by atoms with van der Waals surface area (Å²) in [5.41, 5.74) is 1.99. The number of nitrogens with one attached hydrogen (secondary N) is 1. The number of ether oxygens (including phenoxy) is 1. The van der Waals surface area contributed by atoms with Crippen LogP contribution in [0.3, 0.4) is 0 Å². The van der Waals surface area contributed by atoms with Crippen LogP contribution in [0.5, 0.6) is 0 Å². The Kier molecular flexibility index (Phi) is 6.33. The number of hydrogen-bond acceptors (Lipinski definition) is 6. The van der Waals surface area contributed by atoms with E-state index >= 15 is 0 Å². The van der Waals surface area contributed by atoms with Crippen LogP contribution in [0.25, 0.3) is 11.1 Å². The lowest BCUT2D eigenvalue weighted by Gasteiger charge is -2.15. The van der Waals surface area contributed by atoms with Gasteiger partial charge in [-0.05, 0) is 37.5 Å². The molecular formula is C20H24N2O4. The van der Waals surface area contributed by atoms with E-state index in [1.54, 1.807) is 6.92 Å². The Morgan fingerprint density at radius 3 is 2.35 bits per heavy atom. The fourth-order valence-electron chi connectivity index (χ4n) is 2.49. The van der Waals surface area contributed by atoms with Gasteiger partial charge in [-0.3, -0.25) is 9.59 Å². The Morgan fingerprint density at radius 1 is 1.12 bits per heavy atom. The summed E-state index contributed by atoms with van der Waals surface area (Å²) < 4.78 is 5.01. The largest absolute Gasteiger partial charge is 0.462 e. The highest BCUT2D eigenvalue weighted by Crippen LogP contribution is 2.25. The van der Waals surface area contributed by atoms with Crippen LogP contribution in [0, 0.1) is 0 Å². The second-order valence-corrected chi connectivity index (χ2v) is 6.40. The Balaban J connectivity index is 1.90. The first-order valence-corrected chi connectivity index (χ1v) is 8.50. The van der Waals surface area contributed by atoms with Crippen LogP contribution < -0.4 is 21.1 Å². The molecule has 0 saturated heterocycles. The summed E-state index contributed by atoms with van der Waals surface area (Å²) in [6, 6.07) is 7.50. The second kappa shape index (κ2) is 8.47. The van der Waals surface area contributed by atoms with Gasteiger partial charge in [0.05, 0.1) is 17.9 Å². The summed E-state index contributed by atoms with van der Waals surface area (Å²) in [4.78, 5) is 37.0. The third kappa shape index (κ3) is 4.39. The molecule has 1 N–H and O–H groups in total. The maximum atomic E-state index is 11.9. The van der Waals surface area contributed by atoms with Crippen molar-refractivity contribution in [2.75, 3.05) is 37.5 Å². The zero-order chi connectivity index (χ0) is 19.3. The van der Waals surface area contributed by atoms with E-state index in [-0.39, 0.29) is 0 Å². The average molecular weight is 356 g/mol. The van der Waals surface area contributed by atoms with E-state index in [2.05, 4.69) is 11.9 Å². The predicted octanol–water partition coefficient (Wildman–Crippen LogP) is 2.33. The summed E-state index contributed by atoms with van der Waals surface area (Å²) in [6.07, 6.45) is 1.37. The fraction of sp³-hybridized carbons (Fsp3) is 0.350. The molecule has 6 nitrogen and oxygen atoms in total. The molecule has 138 valence electrons. The molecule has 2 rings (SSSR count). The fourth-order valence-corrected chi connectivity index (χ4v) is 2.49. The molecule has 2 aromatic carbocycles. The first kappa shape index (κ1) is 19.4. The summed E-state index contributed by atoms with van der Waals surface area (Å²) in [5.74, 6) is -0.399. The molecule has 0 aliphatic rings. The van der Waals surface area contributed by atoms with Crippen LogP contribution in [0.4, 0.5) is 11.4 Å². The zero-order valence-corrected chi connectivity index (χ0v) is 15.4. The van der Waals surface area contributed by atoms with Gasteiger partial charge in [0, 0.05) is 31.9 Å². The molecule has 0 heterocycles. The van der Waals surface area contributed by atoms with Gasteiger partial charge in [-0.2, -0.15) is 0 Å². The second-order valence-electron chi connectivity index (χ2n) is 6.40. The molecular weight excluding hydrogens is 332 g/mol. The van der Waals surface area contributed by atoms with E-state index in [1.807, 2.05) is 43.3 Å². The number of rotatable bonds is 9. The maximum absolute atomic E-state index is 11.9. The Morgan fingerprint density at radius 2 is 1.77 bits per heavy atom. The van der Waals surface area contributed by atoms with Crippen LogP contribution >= 0.6 is 0 Å². The molecule has 6 heteroatoms. The van der Waals surface area contributed by atoms with E-state index in [4.69, 9.17) is 4.74 Å². The number of benzene rings is 1. The van der Waals surface area contributed by atoms with E-state index in [0.29, 0.717) is 42.8 Å². The minimum Gasteiger partial charge on any atom is -0.462 e. The molecule has 0 amide bonds. The van der Waals surface area contributed by atoms with Crippen molar-refractivity contribution in [1.29, 1.82) is 0 Å². The van der Waals surface area contributed by atoms with Gasteiger partial charge in [0.25, 0.3) is 0 Å². The van der Waals surface area contributed by atoms with Gasteiger partial charge >= 0.3 is 5.97 Å². The minimum atomic E-state index is -0.481. The number of hydrogen-bond donors (Lipinski definition) is 1. The molecule has 0 radical (unpaired) electrons. The van der Waals surface area contributed by atoms with Crippen molar-refractivity contribution in [1.82, 2.24) is 0 Å². The van der Waals surface area contributed by atoms with Crippen molar-refractivity contribution in [3.63, 3.8) is 0 Å². The van der Waals surface area contributed by atoms with Crippen molar-refractivity contribution in [3.05, 3.63) is 56.9 Å². The minimum absolute atomic E-state index is 0.304. The topological polar surface area (TPSA) is 75.7 Å². The summed E-state index contributed by atoms with van der Waals surface area (Å²) in [6.45, 7) is 5.94. The molecule has 0 aliphatic carbocycles. The molecule has 0 saturated carbocycles. The van der Waals surface area contributed by atoms with E-state index in [0.717, 1.165) is 11.3 Å². The monoisotopic (exact) mass is 356 g/mol. The highest BCUT2D eigenvalue weighted by atomic mass is 16.5. The standard InChI is InChI=1S/C20H24N2O4/c1-13(2)20(25)26-12-6-5-11-21-17-16(18(23)19(17)24)14-7-9-15(10-8-14)22(3)4/h7-10,21H,1,5-6,11-12H2,2-4H3. The van der Waals surface area contributed by atoms with E-state index in [9.17, 15) is 14.4 Å². The molecule has 0 bridgehead atoms. The van der Waals surface area contributed by atoms with Crippen molar-refractivity contribution >= 4 is 17.3 Å². The lowest BCUT2D eigenvalue weighted by atomic mass is 9.98. The van der Waals surface area contributed by atoms with Crippen LogP contribution in [0.15, 0.2) is 46.0 Å². The number of anilines is 2. The third-order valence-electron chi connectivity index (χ3n) is 4.04. The van der Waals surface area contributed by atoms with Crippen molar-refractivity contribution < 1.29 is 9.53 Å². The number of nitrogens with zero attached hydrogens (tertiary/aromatic N) is 1. The Hall–Kier alpha value is -2.89. The molecule has 0 aromatic heterocycles. The van der Waals surface area contributed by atoms with Crippen LogP contribution in [-0.4, -0.2) is 33.2 Å². The highest BCUT2D eigenvalue weighted by molar-refractivity contribution is 5.86. The van der Waals surface area contributed by atoms with Gasteiger partial charge in [-0.1, -0.05) is 18.7 Å². The van der Waals surface area contributed by atoms with Crippen LogP contribution in [-0.2, 0) is 9.53 Å². The van der Waals surface area contributed by atoms with Crippen molar-refractivity contribution in [2.24, 2.45) is 0 Å². The molecule has 0 aliphatic heterocycles. The molecule has 0 spiro atoms. The number of carbonyl (C=O) groups is 1. The SMILES string of the molecule is C=C(C)C(=O)OCCCCNc1c(-c2ccc(N(C)C)cc2)c(=O)c1=O. The molecule has 0 fully saturated rings. The third-order valence-corrected chi connectivity index (χ3v) is 4.04. The van der Waals surface area contributed by atoms with Gasteiger partial charge in [-0.25, -0.2) is 4.79 Å². The first-order chi connectivity index (χ1) is 12.3. The Labute approximate surface area is 152 Å². The lowest BCUT2D eigenvalue weighted by molar-refractivity contribution is -0.139. The van der Waals surface area contributed by atoms with E-state index < -0.39 is 16.8 Å². The van der Waals surface area contributed by atoms with Gasteiger partial charge in [0.1, 0.15) is 0 Å². The molecule has 2 aromatic rings. The summed E-state index contributed by atoms with van der Waals surface area (Å²) >= 11 is 0. The average Bonchev–Trinajstić information content (AvgIpc) is 2.62. The van der Waals surface area contributed by atoms with Gasteiger partial charge in [0.15, 0.2) is 0 Å². The molecule has 26 heavy (non-hydrogen) atoms. The first-order valence-electron chi connectivity index (χ1n) is 8.50. The molecule has 0 atom stereocenters. The predicted molar refractivity (Wildman–Crippen MR) is 105 cm³/mol. The van der Waals surface area contributed by atoms with Crippen LogP contribution in [0.2, 0.25) is 0 Å². The van der Waals surface area contributed by atoms with Crippen molar-refractivity contribution in [3.8, 4) is 11.1 Å². The Bertz CT molecular complexity index is 859. The number of esters is 1. The van der Waals surface area contributed by atoms with Crippen LogP contribution in [0.1, 0.15) is 19.8 Å². The smallest absolute Gasteiger partial charge is 0.333 e. The lowest BCUT2D eigenvalue weighted by Crippen LogP contribution is -2.36. The summed E-state index contributed by atoms with van der Waals surface area (Å²) in [5, 5.41) is 3.04. The van der Waals surface area contributed by atoms with Gasteiger partial charge < -0.3 is 15.0 Å². The number of unbranched alkanes of at least 4 members (excludes halogenated alkanes) is 1. The summed E-state index contributed by atoms with van der Waals surface area (Å²) in [7, 11) is 3.87.